The Hall–Kier alpha value is -2.29. The minimum absolute atomic E-state index is 0.0843. The highest BCUT2D eigenvalue weighted by Gasteiger charge is 2.38. The van der Waals surface area contributed by atoms with Crippen LogP contribution in [0.3, 0.4) is 0 Å². The third kappa shape index (κ3) is 2.39. The van der Waals surface area contributed by atoms with Crippen molar-refractivity contribution in [3.63, 3.8) is 0 Å². The number of primary amides is 1. The van der Waals surface area contributed by atoms with Crippen LogP contribution in [-0.4, -0.2) is 30.2 Å². The van der Waals surface area contributed by atoms with Crippen LogP contribution in [0.1, 0.15) is 10.4 Å². The van der Waals surface area contributed by atoms with Crippen LogP contribution < -0.4 is 16.0 Å². The topological polar surface area (TPSA) is 110 Å². The molecule has 1 aliphatic heterocycles. The molecule has 0 aliphatic carbocycles. The van der Waals surface area contributed by atoms with Crippen molar-refractivity contribution in [1.29, 1.82) is 0 Å². The van der Waals surface area contributed by atoms with Crippen LogP contribution in [0.5, 0.6) is 0 Å². The number of rotatable bonds is 2. The van der Waals surface area contributed by atoms with Gasteiger partial charge >= 0.3 is 6.03 Å². The molecule has 0 atom stereocenters. The van der Waals surface area contributed by atoms with Gasteiger partial charge in [-0.2, -0.15) is 0 Å². The van der Waals surface area contributed by atoms with E-state index in [2.05, 4.69) is 15.9 Å². The standard InChI is InChI=1S/C11H7BrFN3O4/c12-6-2-4(13)1-5-8(6)16(10(19)9(5)18)3-7(17)15-11(14)20/h1-2H,3H2,(H3,14,15,17,20). The highest BCUT2D eigenvalue weighted by molar-refractivity contribution is 9.10. The van der Waals surface area contributed by atoms with Gasteiger partial charge in [-0.05, 0) is 28.1 Å². The van der Waals surface area contributed by atoms with Gasteiger partial charge in [-0.3, -0.25) is 24.6 Å². The summed E-state index contributed by atoms with van der Waals surface area (Å²) in [6.45, 7) is -0.579. The number of carbonyl (C=O) groups is 4. The number of hydrogen-bond acceptors (Lipinski definition) is 4. The molecule has 3 N–H and O–H groups in total. The van der Waals surface area contributed by atoms with Crippen molar-refractivity contribution in [1.82, 2.24) is 5.32 Å². The second kappa shape index (κ2) is 5.00. The molecule has 0 unspecified atom stereocenters. The maximum atomic E-state index is 13.2. The van der Waals surface area contributed by atoms with E-state index in [1.54, 1.807) is 5.32 Å². The summed E-state index contributed by atoms with van der Waals surface area (Å²) < 4.78 is 13.4. The molecule has 0 saturated heterocycles. The van der Waals surface area contributed by atoms with E-state index >= 15 is 0 Å². The summed E-state index contributed by atoms with van der Waals surface area (Å²) in [4.78, 5) is 46.3. The van der Waals surface area contributed by atoms with Crippen molar-refractivity contribution in [3.05, 3.63) is 28.0 Å². The Morgan fingerprint density at radius 2 is 2.00 bits per heavy atom. The number of hydrogen-bond donors (Lipinski definition) is 2. The van der Waals surface area contributed by atoms with Gasteiger partial charge in [0.05, 0.1) is 11.3 Å². The first-order valence-electron chi connectivity index (χ1n) is 5.25. The molecule has 9 heteroatoms. The van der Waals surface area contributed by atoms with Crippen molar-refractivity contribution < 1.29 is 23.6 Å². The SMILES string of the molecule is NC(=O)NC(=O)CN1C(=O)C(=O)c2cc(F)cc(Br)c21. The average molecular weight is 344 g/mol. The van der Waals surface area contributed by atoms with Gasteiger partial charge in [0.1, 0.15) is 12.4 Å². The fourth-order valence-corrected chi connectivity index (χ4v) is 2.47. The molecule has 0 aromatic heterocycles. The maximum Gasteiger partial charge on any atom is 0.318 e. The number of benzene rings is 1. The van der Waals surface area contributed by atoms with Gasteiger partial charge in [0.25, 0.3) is 11.7 Å². The monoisotopic (exact) mass is 343 g/mol. The minimum Gasteiger partial charge on any atom is -0.351 e. The molecular weight excluding hydrogens is 337 g/mol. The van der Waals surface area contributed by atoms with Gasteiger partial charge in [0, 0.05) is 4.47 Å². The number of carbonyl (C=O) groups excluding carboxylic acids is 4. The zero-order chi connectivity index (χ0) is 15.0. The quantitative estimate of drug-likeness (QED) is 0.753. The van der Waals surface area contributed by atoms with Crippen LogP contribution in [0.15, 0.2) is 16.6 Å². The van der Waals surface area contributed by atoms with E-state index in [4.69, 9.17) is 5.73 Å². The second-order valence-electron chi connectivity index (χ2n) is 3.92. The van der Waals surface area contributed by atoms with E-state index in [1.165, 1.54) is 0 Å². The summed E-state index contributed by atoms with van der Waals surface area (Å²) in [6.07, 6.45) is 0. The van der Waals surface area contributed by atoms with Crippen LogP contribution in [0.2, 0.25) is 0 Å². The summed E-state index contributed by atoms with van der Waals surface area (Å²) in [5.74, 6) is -3.46. The van der Waals surface area contributed by atoms with Crippen LogP contribution in [0.25, 0.3) is 0 Å². The fraction of sp³-hybridized carbons (Fsp3) is 0.0909. The Kier molecular flexibility index (Phi) is 3.53. The lowest BCUT2D eigenvalue weighted by molar-refractivity contribution is -0.121. The molecule has 0 fully saturated rings. The van der Waals surface area contributed by atoms with Crippen LogP contribution >= 0.6 is 15.9 Å². The lowest BCUT2D eigenvalue weighted by Gasteiger charge is -2.16. The summed E-state index contributed by atoms with van der Waals surface area (Å²) in [6, 6.07) is 0.891. The zero-order valence-electron chi connectivity index (χ0n) is 9.78. The first kappa shape index (κ1) is 14.1. The zero-order valence-corrected chi connectivity index (χ0v) is 11.4. The number of anilines is 1. The summed E-state index contributed by atoms with van der Waals surface area (Å²) in [5, 5.41) is 1.77. The number of ketones is 1. The number of amides is 4. The number of fused-ring (bicyclic) bond motifs is 1. The Morgan fingerprint density at radius 1 is 1.35 bits per heavy atom. The highest BCUT2D eigenvalue weighted by atomic mass is 79.9. The Morgan fingerprint density at radius 3 is 2.60 bits per heavy atom. The molecule has 0 saturated carbocycles. The summed E-state index contributed by atoms with van der Waals surface area (Å²) in [7, 11) is 0. The number of halogens is 2. The number of nitrogens with one attached hydrogen (secondary N) is 1. The van der Waals surface area contributed by atoms with E-state index in [0.29, 0.717) is 0 Å². The van der Waals surface area contributed by atoms with Gasteiger partial charge in [-0.1, -0.05) is 0 Å². The highest BCUT2D eigenvalue weighted by Crippen LogP contribution is 2.36. The third-order valence-electron chi connectivity index (χ3n) is 2.55. The number of Topliss-reactive ketones (excluding diaryl/α,β-unsaturated/α-hetero) is 1. The van der Waals surface area contributed by atoms with E-state index in [0.717, 1.165) is 17.0 Å². The molecule has 2 rings (SSSR count). The van der Waals surface area contributed by atoms with Gasteiger partial charge in [-0.25, -0.2) is 9.18 Å². The van der Waals surface area contributed by atoms with Crippen molar-refractivity contribution in [2.24, 2.45) is 5.73 Å². The van der Waals surface area contributed by atoms with E-state index in [1.807, 2.05) is 0 Å². The first-order valence-corrected chi connectivity index (χ1v) is 6.05. The lowest BCUT2D eigenvalue weighted by atomic mass is 10.1. The van der Waals surface area contributed by atoms with Gasteiger partial charge < -0.3 is 5.73 Å². The van der Waals surface area contributed by atoms with Crippen LogP contribution in [0.4, 0.5) is 14.9 Å². The van der Waals surface area contributed by atoms with E-state index < -0.39 is 36.0 Å². The molecule has 0 spiro atoms. The molecule has 104 valence electrons. The maximum absolute atomic E-state index is 13.2. The third-order valence-corrected chi connectivity index (χ3v) is 3.15. The largest absolute Gasteiger partial charge is 0.351 e. The Bertz CT molecular complexity index is 661. The number of nitrogens with two attached hydrogens (primary N) is 1. The van der Waals surface area contributed by atoms with Crippen molar-refractivity contribution >= 4 is 45.2 Å². The summed E-state index contributed by atoms with van der Waals surface area (Å²) in [5.41, 5.74) is 4.71. The van der Waals surface area contributed by atoms with Gasteiger partial charge in [0.15, 0.2) is 0 Å². The normalized spacial score (nSPS) is 13.4. The summed E-state index contributed by atoms with van der Waals surface area (Å²) >= 11 is 3.02. The van der Waals surface area contributed by atoms with Crippen LogP contribution in [0, 0.1) is 5.82 Å². The number of urea groups is 1. The number of imide groups is 1. The molecule has 1 aromatic rings. The molecule has 4 amide bonds. The molecule has 1 aromatic carbocycles. The van der Waals surface area contributed by atoms with Gasteiger partial charge in [0.2, 0.25) is 5.91 Å². The lowest BCUT2D eigenvalue weighted by Crippen LogP contribution is -2.44. The molecule has 7 nitrogen and oxygen atoms in total. The molecule has 20 heavy (non-hydrogen) atoms. The second-order valence-corrected chi connectivity index (χ2v) is 4.77. The van der Waals surface area contributed by atoms with Gasteiger partial charge in [-0.15, -0.1) is 0 Å². The molecular formula is C11H7BrFN3O4. The van der Waals surface area contributed by atoms with E-state index in [-0.39, 0.29) is 15.7 Å². The Balaban J connectivity index is 2.38. The van der Waals surface area contributed by atoms with Crippen molar-refractivity contribution in [2.75, 3.05) is 11.4 Å². The van der Waals surface area contributed by atoms with Crippen LogP contribution in [-0.2, 0) is 9.59 Å². The van der Waals surface area contributed by atoms with Crippen molar-refractivity contribution in [3.8, 4) is 0 Å². The molecule has 1 aliphatic rings. The van der Waals surface area contributed by atoms with E-state index in [9.17, 15) is 23.6 Å². The fourth-order valence-electron chi connectivity index (χ4n) is 1.82. The van der Waals surface area contributed by atoms with Crippen molar-refractivity contribution in [2.45, 2.75) is 0 Å². The smallest absolute Gasteiger partial charge is 0.318 e. The molecule has 0 bridgehead atoms. The predicted molar refractivity (Wildman–Crippen MR) is 68.5 cm³/mol. The minimum atomic E-state index is -1.08. The Labute approximate surface area is 120 Å². The first-order chi connectivity index (χ1) is 9.31. The molecule has 0 radical (unpaired) electrons. The average Bonchev–Trinajstić information content (AvgIpc) is 2.53. The molecule has 1 heterocycles. The predicted octanol–water partition coefficient (Wildman–Crippen LogP) is 0.312. The number of nitrogens with zero attached hydrogens (tertiary/aromatic N) is 1.